The lowest BCUT2D eigenvalue weighted by Gasteiger charge is -2.23. The number of rotatable bonds is 6. The third kappa shape index (κ3) is 3.95. The van der Waals surface area contributed by atoms with Gasteiger partial charge in [-0.3, -0.25) is 14.9 Å². The summed E-state index contributed by atoms with van der Waals surface area (Å²) in [6.45, 7) is 2.82. The standard InChI is InChI=1S/C24H28N4O3/c29-21-8-7-20(24(30)27-21)28-19-6-2-1-5-18(19)22-16(9-14-26-23(22)28)4-3-15-31-17-10-12-25-13-11-17/h1-2,5-6,9,14,17,20,25H,3-4,7-8,10-13,15H2,(H,27,29,30). The van der Waals surface area contributed by atoms with E-state index < -0.39 is 6.04 Å². The average molecular weight is 421 g/mol. The van der Waals surface area contributed by atoms with Crippen molar-refractivity contribution in [2.75, 3.05) is 19.7 Å². The highest BCUT2D eigenvalue weighted by molar-refractivity contribution is 6.10. The van der Waals surface area contributed by atoms with Crippen LogP contribution >= 0.6 is 0 Å². The predicted molar refractivity (Wildman–Crippen MR) is 119 cm³/mol. The largest absolute Gasteiger partial charge is 0.378 e. The summed E-state index contributed by atoms with van der Waals surface area (Å²) in [5, 5.41) is 8.06. The number of ether oxygens (including phenoxy) is 1. The molecule has 31 heavy (non-hydrogen) atoms. The van der Waals surface area contributed by atoms with Gasteiger partial charge in [-0.05, 0) is 62.9 Å². The van der Waals surface area contributed by atoms with E-state index in [1.54, 1.807) is 0 Å². The van der Waals surface area contributed by atoms with Gasteiger partial charge in [0.25, 0.3) is 0 Å². The van der Waals surface area contributed by atoms with Crippen LogP contribution in [0.2, 0.25) is 0 Å². The Labute approximate surface area is 181 Å². The second-order valence-electron chi connectivity index (χ2n) is 8.45. The highest BCUT2D eigenvalue weighted by Gasteiger charge is 2.31. The Bertz CT molecular complexity index is 1120. The minimum Gasteiger partial charge on any atom is -0.378 e. The number of fused-ring (bicyclic) bond motifs is 3. The molecule has 0 spiro atoms. The molecule has 2 N–H and O–H groups in total. The first kappa shape index (κ1) is 20.2. The molecule has 5 rings (SSSR count). The number of nitrogens with one attached hydrogen (secondary N) is 2. The van der Waals surface area contributed by atoms with E-state index >= 15 is 0 Å². The fourth-order valence-corrected chi connectivity index (χ4v) is 4.90. The molecular formula is C24H28N4O3. The number of para-hydroxylation sites is 1. The van der Waals surface area contributed by atoms with Crippen LogP contribution in [-0.2, 0) is 20.7 Å². The lowest BCUT2D eigenvalue weighted by Crippen LogP contribution is -2.41. The second kappa shape index (κ2) is 8.77. The third-order valence-corrected chi connectivity index (χ3v) is 6.43. The first-order valence-electron chi connectivity index (χ1n) is 11.2. The Morgan fingerprint density at radius 2 is 1.94 bits per heavy atom. The molecule has 2 aliphatic heterocycles. The van der Waals surface area contributed by atoms with Crippen molar-refractivity contribution in [3.63, 3.8) is 0 Å². The summed E-state index contributed by atoms with van der Waals surface area (Å²) in [5.74, 6) is -0.453. The molecule has 7 nitrogen and oxygen atoms in total. The van der Waals surface area contributed by atoms with E-state index in [1.807, 2.05) is 29.0 Å². The zero-order chi connectivity index (χ0) is 21.2. The van der Waals surface area contributed by atoms with Crippen LogP contribution in [0, 0.1) is 0 Å². The van der Waals surface area contributed by atoms with Crippen molar-refractivity contribution >= 4 is 33.8 Å². The topological polar surface area (TPSA) is 85.2 Å². The summed E-state index contributed by atoms with van der Waals surface area (Å²) in [4.78, 5) is 29.0. The SMILES string of the molecule is O=C1CCC(n2c3ccccc3c3c(CCCOC4CCNCC4)ccnc32)C(=O)N1. The Morgan fingerprint density at radius 3 is 2.77 bits per heavy atom. The maximum atomic E-state index is 12.6. The number of hydrogen-bond acceptors (Lipinski definition) is 5. The molecule has 2 amide bonds. The summed E-state index contributed by atoms with van der Waals surface area (Å²) in [5.41, 5.74) is 3.02. The normalized spacial score (nSPS) is 20.5. The second-order valence-corrected chi connectivity index (χ2v) is 8.45. The summed E-state index contributed by atoms with van der Waals surface area (Å²) >= 11 is 0. The van der Waals surface area contributed by atoms with Crippen LogP contribution in [0.1, 0.15) is 43.7 Å². The quantitative estimate of drug-likeness (QED) is 0.473. The number of piperidine rings is 2. The van der Waals surface area contributed by atoms with Gasteiger partial charge >= 0.3 is 0 Å². The highest BCUT2D eigenvalue weighted by atomic mass is 16.5. The molecule has 2 aliphatic rings. The smallest absolute Gasteiger partial charge is 0.249 e. The highest BCUT2D eigenvalue weighted by Crippen LogP contribution is 2.35. The predicted octanol–water partition coefficient (Wildman–Crippen LogP) is 2.87. The number of carbonyl (C=O) groups is 2. The van der Waals surface area contributed by atoms with Crippen molar-refractivity contribution in [2.24, 2.45) is 0 Å². The van der Waals surface area contributed by atoms with Crippen LogP contribution in [0.25, 0.3) is 21.9 Å². The molecule has 1 unspecified atom stereocenters. The molecule has 0 radical (unpaired) electrons. The average Bonchev–Trinajstić information content (AvgIpc) is 3.13. The Morgan fingerprint density at radius 1 is 1.10 bits per heavy atom. The third-order valence-electron chi connectivity index (χ3n) is 6.43. The number of amides is 2. The Balaban J connectivity index is 1.44. The number of hydrogen-bond donors (Lipinski definition) is 2. The van der Waals surface area contributed by atoms with Crippen LogP contribution in [0.4, 0.5) is 0 Å². The minimum atomic E-state index is -0.425. The van der Waals surface area contributed by atoms with Gasteiger partial charge in [0.2, 0.25) is 11.8 Å². The van der Waals surface area contributed by atoms with Crippen molar-refractivity contribution in [3.8, 4) is 0 Å². The molecule has 3 aromatic rings. The Hall–Kier alpha value is -2.77. The number of pyridine rings is 1. The molecule has 0 bridgehead atoms. The van der Waals surface area contributed by atoms with Crippen LogP contribution in [0.15, 0.2) is 36.5 Å². The zero-order valence-corrected chi connectivity index (χ0v) is 17.6. The molecule has 2 saturated heterocycles. The number of imide groups is 1. The zero-order valence-electron chi connectivity index (χ0n) is 17.6. The first-order chi connectivity index (χ1) is 15.2. The molecule has 0 saturated carbocycles. The van der Waals surface area contributed by atoms with Gasteiger partial charge in [-0.15, -0.1) is 0 Å². The van der Waals surface area contributed by atoms with Crippen molar-refractivity contribution in [3.05, 3.63) is 42.1 Å². The van der Waals surface area contributed by atoms with Crippen LogP contribution in [0.3, 0.4) is 0 Å². The van der Waals surface area contributed by atoms with E-state index in [1.165, 1.54) is 5.56 Å². The van der Waals surface area contributed by atoms with Gasteiger partial charge < -0.3 is 14.6 Å². The minimum absolute atomic E-state index is 0.204. The van der Waals surface area contributed by atoms with E-state index in [0.717, 1.165) is 67.3 Å². The monoisotopic (exact) mass is 420 g/mol. The van der Waals surface area contributed by atoms with E-state index in [0.29, 0.717) is 18.9 Å². The number of aryl methyl sites for hydroxylation is 1. The van der Waals surface area contributed by atoms with E-state index in [2.05, 4.69) is 27.8 Å². The van der Waals surface area contributed by atoms with Gasteiger partial charge in [0.1, 0.15) is 11.7 Å². The molecule has 4 heterocycles. The number of carbonyl (C=O) groups excluding carboxylic acids is 2. The van der Waals surface area contributed by atoms with Gasteiger partial charge in [-0.1, -0.05) is 18.2 Å². The van der Waals surface area contributed by atoms with E-state index in [4.69, 9.17) is 4.74 Å². The fraction of sp³-hybridized carbons (Fsp3) is 0.458. The van der Waals surface area contributed by atoms with Crippen LogP contribution in [-0.4, -0.2) is 47.2 Å². The molecule has 1 atom stereocenters. The lowest BCUT2D eigenvalue weighted by molar-refractivity contribution is -0.135. The van der Waals surface area contributed by atoms with Crippen molar-refractivity contribution in [1.82, 2.24) is 20.2 Å². The maximum absolute atomic E-state index is 12.6. The first-order valence-corrected chi connectivity index (χ1v) is 11.2. The lowest BCUT2D eigenvalue weighted by atomic mass is 10.0. The van der Waals surface area contributed by atoms with Gasteiger partial charge in [0.15, 0.2) is 0 Å². The maximum Gasteiger partial charge on any atom is 0.249 e. The van der Waals surface area contributed by atoms with Gasteiger partial charge in [0.05, 0.1) is 11.6 Å². The molecule has 0 aliphatic carbocycles. The summed E-state index contributed by atoms with van der Waals surface area (Å²) in [7, 11) is 0. The molecule has 2 aromatic heterocycles. The molecule has 1 aromatic carbocycles. The van der Waals surface area contributed by atoms with Crippen molar-refractivity contribution in [1.29, 1.82) is 0 Å². The van der Waals surface area contributed by atoms with Crippen molar-refractivity contribution in [2.45, 2.75) is 50.7 Å². The van der Waals surface area contributed by atoms with E-state index in [-0.39, 0.29) is 11.8 Å². The number of benzene rings is 1. The number of nitrogens with zero attached hydrogens (tertiary/aromatic N) is 2. The van der Waals surface area contributed by atoms with Crippen LogP contribution in [0.5, 0.6) is 0 Å². The fourth-order valence-electron chi connectivity index (χ4n) is 4.90. The van der Waals surface area contributed by atoms with Crippen molar-refractivity contribution < 1.29 is 14.3 Å². The van der Waals surface area contributed by atoms with E-state index in [9.17, 15) is 9.59 Å². The molecule has 7 heteroatoms. The molecule has 2 fully saturated rings. The summed E-state index contributed by atoms with van der Waals surface area (Å²) in [6, 6.07) is 9.78. The van der Waals surface area contributed by atoms with Gasteiger partial charge in [0, 0.05) is 30.0 Å². The summed E-state index contributed by atoms with van der Waals surface area (Å²) < 4.78 is 8.10. The molecular weight excluding hydrogens is 392 g/mol. The van der Waals surface area contributed by atoms with Gasteiger partial charge in [-0.2, -0.15) is 0 Å². The van der Waals surface area contributed by atoms with Crippen LogP contribution < -0.4 is 10.6 Å². The van der Waals surface area contributed by atoms with Gasteiger partial charge in [-0.25, -0.2) is 4.98 Å². The Kier molecular flexibility index (Phi) is 5.70. The summed E-state index contributed by atoms with van der Waals surface area (Å²) in [6.07, 6.45) is 7.04. The molecule has 162 valence electrons. The number of aromatic nitrogens is 2.